The van der Waals surface area contributed by atoms with Gasteiger partial charge in [-0.3, -0.25) is 8.75 Å². The zero-order valence-electron chi connectivity index (χ0n) is 13.2. The maximum Gasteiger partial charge on any atom is 0.357 e. The van der Waals surface area contributed by atoms with Crippen molar-refractivity contribution in [2.24, 2.45) is 0 Å². The van der Waals surface area contributed by atoms with Crippen LogP contribution in [0.4, 0.5) is 0 Å². The van der Waals surface area contributed by atoms with Crippen molar-refractivity contribution in [2.75, 3.05) is 25.3 Å². The number of hydrogen-bond donors (Lipinski definition) is 0. The number of rotatable bonds is 10. The fourth-order valence-electron chi connectivity index (χ4n) is 1.70. The minimum atomic E-state index is -4.20. The van der Waals surface area contributed by atoms with Crippen molar-refractivity contribution >= 4 is 41.1 Å². The van der Waals surface area contributed by atoms with E-state index in [-0.39, 0.29) is 23.1 Å². The van der Waals surface area contributed by atoms with Crippen molar-refractivity contribution in [1.82, 2.24) is 0 Å². The molecule has 0 atom stereocenters. The molecule has 0 N–H and O–H groups in total. The maximum atomic E-state index is 12.5. The zero-order valence-corrected chi connectivity index (χ0v) is 16.4. The number of thioether (sulfide) groups is 1. The van der Waals surface area contributed by atoms with Crippen LogP contribution < -0.4 is 0 Å². The summed E-state index contributed by atoms with van der Waals surface area (Å²) in [7, 11) is -7.83. The van der Waals surface area contributed by atoms with Gasteiger partial charge in [-0.15, -0.1) is 11.8 Å². The van der Waals surface area contributed by atoms with Crippen molar-refractivity contribution < 1.29 is 26.2 Å². The molecule has 10 heteroatoms. The number of benzene rings is 1. The Bertz CT molecular complexity index is 654. The van der Waals surface area contributed by atoms with E-state index in [1.165, 1.54) is 17.8 Å². The molecule has 0 heterocycles. The zero-order chi connectivity index (χ0) is 17.5. The minimum absolute atomic E-state index is 0.0473. The molecule has 1 aromatic carbocycles. The molecule has 0 saturated heterocycles. The standard InChI is InChI=1S/C13H20ClO6PS2/c1-4-18-21(15,19-5-2)10-20-23(16,17)13-11(14)8-7-9-12(13)22-6-3/h7-9H,4-6,10H2,1-3H3. The Morgan fingerprint density at radius 1 is 1.17 bits per heavy atom. The van der Waals surface area contributed by atoms with E-state index in [9.17, 15) is 13.0 Å². The van der Waals surface area contributed by atoms with Crippen LogP contribution in [-0.2, 0) is 27.9 Å². The molecule has 0 aliphatic rings. The summed E-state index contributed by atoms with van der Waals surface area (Å²) in [5, 5.41) is 0.0473. The summed E-state index contributed by atoms with van der Waals surface area (Å²) in [5.41, 5.74) is 0. The van der Waals surface area contributed by atoms with E-state index in [0.29, 0.717) is 10.6 Å². The lowest BCUT2D eigenvalue weighted by molar-refractivity contribution is 0.198. The SMILES string of the molecule is CCOP(=O)(COS(=O)(=O)c1c(Cl)cccc1SCC)OCC. The largest absolute Gasteiger partial charge is 0.357 e. The summed E-state index contributed by atoms with van der Waals surface area (Å²) in [6, 6.07) is 4.76. The molecule has 0 radical (unpaired) electrons. The smallest absolute Gasteiger partial charge is 0.307 e. The lowest BCUT2D eigenvalue weighted by Gasteiger charge is -2.17. The monoisotopic (exact) mass is 402 g/mol. The van der Waals surface area contributed by atoms with Crippen LogP contribution in [0.5, 0.6) is 0 Å². The van der Waals surface area contributed by atoms with E-state index in [0.717, 1.165) is 0 Å². The van der Waals surface area contributed by atoms with Crippen LogP contribution in [0.25, 0.3) is 0 Å². The third kappa shape index (κ3) is 6.05. The maximum absolute atomic E-state index is 12.5. The Labute approximate surface area is 146 Å². The molecular weight excluding hydrogens is 383 g/mol. The average Bonchev–Trinajstić information content (AvgIpc) is 2.46. The quantitative estimate of drug-likeness (QED) is 0.326. The molecule has 0 spiro atoms. The third-order valence-electron chi connectivity index (χ3n) is 2.50. The summed E-state index contributed by atoms with van der Waals surface area (Å²) in [6.45, 7) is 5.38. The predicted molar refractivity (Wildman–Crippen MR) is 91.8 cm³/mol. The molecule has 1 rings (SSSR count). The highest BCUT2D eigenvalue weighted by Crippen LogP contribution is 2.49. The van der Waals surface area contributed by atoms with Gasteiger partial charge in [0.15, 0.2) is 6.35 Å². The van der Waals surface area contributed by atoms with Crippen molar-refractivity contribution in [2.45, 2.75) is 30.6 Å². The van der Waals surface area contributed by atoms with E-state index < -0.39 is 24.1 Å². The fourth-order valence-corrected chi connectivity index (χ4v) is 6.24. The summed E-state index contributed by atoms with van der Waals surface area (Å²) < 4.78 is 52.2. The third-order valence-corrected chi connectivity index (χ3v) is 7.29. The second-order valence-electron chi connectivity index (χ2n) is 4.15. The summed E-state index contributed by atoms with van der Waals surface area (Å²) in [5.74, 6) is 0.666. The molecule has 0 bridgehead atoms. The first-order chi connectivity index (χ1) is 10.8. The van der Waals surface area contributed by atoms with Crippen LogP contribution in [0.1, 0.15) is 20.8 Å². The highest BCUT2D eigenvalue weighted by atomic mass is 35.5. The minimum Gasteiger partial charge on any atom is -0.307 e. The van der Waals surface area contributed by atoms with Gasteiger partial charge in [0.25, 0.3) is 10.1 Å². The second-order valence-corrected chi connectivity index (χ2v) is 9.41. The molecule has 0 aliphatic heterocycles. The first-order valence-corrected chi connectivity index (χ1v) is 11.5. The van der Waals surface area contributed by atoms with Gasteiger partial charge in [0.1, 0.15) is 4.90 Å². The molecule has 23 heavy (non-hydrogen) atoms. The Hall–Kier alpha value is -0.0800. The Morgan fingerprint density at radius 2 is 1.78 bits per heavy atom. The molecule has 0 aliphatic carbocycles. The highest BCUT2D eigenvalue weighted by molar-refractivity contribution is 8.00. The lowest BCUT2D eigenvalue weighted by Crippen LogP contribution is -2.12. The second kappa shape index (κ2) is 9.42. The molecule has 0 unspecified atom stereocenters. The van der Waals surface area contributed by atoms with Gasteiger partial charge in [-0.05, 0) is 31.7 Å². The highest BCUT2D eigenvalue weighted by Gasteiger charge is 2.30. The average molecular weight is 403 g/mol. The Balaban J connectivity index is 3.06. The molecular formula is C13H20ClO6PS2. The summed E-state index contributed by atoms with van der Waals surface area (Å²) in [6.07, 6.45) is -0.696. The van der Waals surface area contributed by atoms with Crippen LogP contribution in [0, 0.1) is 0 Å². The summed E-state index contributed by atoms with van der Waals surface area (Å²) in [4.78, 5) is 0.343. The first kappa shape index (κ1) is 21.0. The van der Waals surface area contributed by atoms with Gasteiger partial charge in [-0.2, -0.15) is 8.42 Å². The summed E-state index contributed by atoms with van der Waals surface area (Å²) >= 11 is 7.34. The van der Waals surface area contributed by atoms with Gasteiger partial charge >= 0.3 is 7.60 Å². The van der Waals surface area contributed by atoms with E-state index in [2.05, 4.69) is 0 Å². The molecule has 0 aromatic heterocycles. The predicted octanol–water partition coefficient (Wildman–Crippen LogP) is 4.38. The molecule has 0 fully saturated rings. The van der Waals surface area contributed by atoms with Crippen LogP contribution in [-0.4, -0.2) is 33.7 Å². The van der Waals surface area contributed by atoms with Crippen molar-refractivity contribution in [3.05, 3.63) is 23.2 Å². The van der Waals surface area contributed by atoms with Crippen LogP contribution in [0.2, 0.25) is 5.02 Å². The van der Waals surface area contributed by atoms with Crippen molar-refractivity contribution in [3.8, 4) is 0 Å². The number of halogens is 1. The lowest BCUT2D eigenvalue weighted by atomic mass is 10.4. The Morgan fingerprint density at radius 3 is 2.30 bits per heavy atom. The van der Waals surface area contributed by atoms with Gasteiger partial charge in [0.05, 0.1) is 18.2 Å². The van der Waals surface area contributed by atoms with Gasteiger partial charge < -0.3 is 9.05 Å². The van der Waals surface area contributed by atoms with E-state index in [4.69, 9.17) is 24.8 Å². The van der Waals surface area contributed by atoms with Gasteiger partial charge in [0, 0.05) is 4.90 Å². The van der Waals surface area contributed by atoms with E-state index in [1.54, 1.807) is 26.0 Å². The van der Waals surface area contributed by atoms with Crippen molar-refractivity contribution in [1.29, 1.82) is 0 Å². The Kier molecular flexibility index (Phi) is 8.58. The van der Waals surface area contributed by atoms with Crippen LogP contribution in [0.15, 0.2) is 28.0 Å². The molecule has 6 nitrogen and oxygen atoms in total. The molecule has 0 amide bonds. The molecule has 0 saturated carbocycles. The first-order valence-electron chi connectivity index (χ1n) is 6.98. The van der Waals surface area contributed by atoms with Gasteiger partial charge in [-0.1, -0.05) is 24.6 Å². The molecule has 132 valence electrons. The number of hydrogen-bond acceptors (Lipinski definition) is 7. The van der Waals surface area contributed by atoms with Gasteiger partial charge in [-0.25, -0.2) is 0 Å². The van der Waals surface area contributed by atoms with Gasteiger partial charge in [0.2, 0.25) is 0 Å². The normalized spacial score (nSPS) is 12.5. The van der Waals surface area contributed by atoms with Crippen LogP contribution >= 0.6 is 31.0 Å². The topological polar surface area (TPSA) is 78.9 Å². The molecule has 1 aromatic rings. The van der Waals surface area contributed by atoms with E-state index in [1.807, 2.05) is 6.92 Å². The van der Waals surface area contributed by atoms with E-state index >= 15 is 0 Å². The van der Waals surface area contributed by atoms with Crippen molar-refractivity contribution in [3.63, 3.8) is 0 Å². The fraction of sp³-hybridized carbons (Fsp3) is 0.538. The van der Waals surface area contributed by atoms with Crippen LogP contribution in [0.3, 0.4) is 0 Å².